The van der Waals surface area contributed by atoms with Crippen LogP contribution < -0.4 is 5.73 Å². The number of hydrogen-bond acceptors (Lipinski definition) is 4. The lowest BCUT2D eigenvalue weighted by Gasteiger charge is -2.46. The molecule has 1 fully saturated rings. The maximum Gasteiger partial charge on any atom is 0.0948 e. The van der Waals surface area contributed by atoms with Crippen LogP contribution in [0.1, 0.15) is 32.5 Å². The first-order valence-electron chi connectivity index (χ1n) is 6.64. The van der Waals surface area contributed by atoms with E-state index in [1.807, 2.05) is 12.5 Å². The Morgan fingerprint density at radius 1 is 1.56 bits per heavy atom. The van der Waals surface area contributed by atoms with E-state index in [4.69, 9.17) is 10.5 Å². The molecule has 1 aliphatic rings. The van der Waals surface area contributed by atoms with E-state index in [-0.39, 0.29) is 11.6 Å². The fourth-order valence-electron chi connectivity index (χ4n) is 2.73. The van der Waals surface area contributed by atoms with Crippen LogP contribution in [0.25, 0.3) is 0 Å². The van der Waals surface area contributed by atoms with E-state index in [2.05, 4.69) is 35.2 Å². The van der Waals surface area contributed by atoms with Crippen molar-refractivity contribution in [1.82, 2.24) is 14.5 Å². The van der Waals surface area contributed by atoms with Gasteiger partial charge in [-0.2, -0.15) is 0 Å². The number of ether oxygens (including phenoxy) is 1. The van der Waals surface area contributed by atoms with Crippen molar-refractivity contribution in [3.63, 3.8) is 0 Å². The highest BCUT2D eigenvalue weighted by molar-refractivity contribution is 5.09. The largest absolute Gasteiger partial charge is 0.378 e. The fourth-order valence-corrected chi connectivity index (χ4v) is 2.73. The summed E-state index contributed by atoms with van der Waals surface area (Å²) in [6.45, 7) is 10.5. The normalized spacial score (nSPS) is 22.0. The van der Waals surface area contributed by atoms with Crippen molar-refractivity contribution in [2.45, 2.75) is 38.9 Å². The highest BCUT2D eigenvalue weighted by Crippen LogP contribution is 2.29. The van der Waals surface area contributed by atoms with Gasteiger partial charge in [0.05, 0.1) is 31.3 Å². The molecule has 1 atom stereocenters. The van der Waals surface area contributed by atoms with Gasteiger partial charge in [-0.25, -0.2) is 4.98 Å². The molecule has 18 heavy (non-hydrogen) atoms. The molecule has 0 amide bonds. The van der Waals surface area contributed by atoms with Crippen molar-refractivity contribution in [1.29, 1.82) is 0 Å². The van der Waals surface area contributed by atoms with Crippen LogP contribution in [0, 0.1) is 0 Å². The molecule has 0 aliphatic carbocycles. The summed E-state index contributed by atoms with van der Waals surface area (Å²) < 4.78 is 7.75. The molecular weight excluding hydrogens is 228 g/mol. The van der Waals surface area contributed by atoms with Gasteiger partial charge >= 0.3 is 0 Å². The van der Waals surface area contributed by atoms with E-state index in [1.54, 1.807) is 0 Å². The maximum absolute atomic E-state index is 6.02. The summed E-state index contributed by atoms with van der Waals surface area (Å²) in [5.41, 5.74) is 7.24. The minimum atomic E-state index is 0.0190. The van der Waals surface area contributed by atoms with E-state index >= 15 is 0 Å². The fraction of sp³-hybridized carbons (Fsp3) is 0.769. The third-order valence-electron chi connectivity index (χ3n) is 3.74. The third-order valence-corrected chi connectivity index (χ3v) is 3.74. The van der Waals surface area contributed by atoms with Gasteiger partial charge in [-0.15, -0.1) is 0 Å². The second kappa shape index (κ2) is 5.38. The molecule has 2 heterocycles. The lowest BCUT2D eigenvalue weighted by atomic mass is 9.98. The van der Waals surface area contributed by atoms with E-state index in [9.17, 15) is 0 Å². The monoisotopic (exact) mass is 252 g/mol. The molecule has 2 N–H and O–H groups in total. The minimum Gasteiger partial charge on any atom is -0.378 e. The number of nitrogens with zero attached hydrogens (tertiary/aromatic N) is 3. The molecule has 0 bridgehead atoms. The van der Waals surface area contributed by atoms with Gasteiger partial charge in [0, 0.05) is 31.4 Å². The number of rotatable bonds is 4. The molecule has 0 radical (unpaired) electrons. The van der Waals surface area contributed by atoms with Crippen molar-refractivity contribution in [2.24, 2.45) is 5.73 Å². The van der Waals surface area contributed by atoms with E-state index < -0.39 is 0 Å². The minimum absolute atomic E-state index is 0.0190. The second-order valence-electron chi connectivity index (χ2n) is 5.41. The predicted octanol–water partition coefficient (Wildman–Crippen LogP) is 1.01. The average Bonchev–Trinajstić information content (AvgIpc) is 2.80. The number of aromatic nitrogens is 2. The van der Waals surface area contributed by atoms with E-state index in [0.29, 0.717) is 6.54 Å². The number of nitrogens with two attached hydrogens (primary N) is 1. The molecule has 2 rings (SSSR count). The van der Waals surface area contributed by atoms with Gasteiger partial charge in [0.15, 0.2) is 0 Å². The smallest absolute Gasteiger partial charge is 0.0948 e. The summed E-state index contributed by atoms with van der Waals surface area (Å²) in [6, 6.07) is 0.214. The van der Waals surface area contributed by atoms with Crippen LogP contribution in [0.2, 0.25) is 0 Å². The van der Waals surface area contributed by atoms with Crippen LogP contribution in [0.5, 0.6) is 0 Å². The van der Waals surface area contributed by atoms with E-state index in [0.717, 1.165) is 26.3 Å². The highest BCUT2D eigenvalue weighted by Gasteiger charge is 2.36. The Labute approximate surface area is 109 Å². The molecule has 0 spiro atoms. The Kier molecular flexibility index (Phi) is 4.04. The molecular formula is C13H24N4O. The lowest BCUT2D eigenvalue weighted by molar-refractivity contribution is -0.0725. The Morgan fingerprint density at radius 2 is 2.33 bits per heavy atom. The predicted molar refractivity (Wildman–Crippen MR) is 71.3 cm³/mol. The number of morpholine rings is 1. The summed E-state index contributed by atoms with van der Waals surface area (Å²) in [6.07, 6.45) is 3.82. The molecule has 1 unspecified atom stereocenters. The van der Waals surface area contributed by atoms with Gasteiger partial charge in [0.1, 0.15) is 0 Å². The van der Waals surface area contributed by atoms with Crippen molar-refractivity contribution >= 4 is 0 Å². The van der Waals surface area contributed by atoms with Crippen molar-refractivity contribution < 1.29 is 4.74 Å². The topological polar surface area (TPSA) is 56.3 Å². The standard InChI is InChI=1S/C13H24N4O/c1-4-16-10-15-8-12(16)11(7-14)17-5-6-18-9-13(17,2)3/h8,10-11H,4-7,9,14H2,1-3H3. The SMILES string of the molecule is CCn1cncc1C(CN)N1CCOCC1(C)C. The maximum atomic E-state index is 6.02. The summed E-state index contributed by atoms with van der Waals surface area (Å²) in [4.78, 5) is 6.70. The number of hydrogen-bond donors (Lipinski definition) is 1. The Morgan fingerprint density at radius 3 is 2.94 bits per heavy atom. The molecule has 1 aromatic rings. The van der Waals surface area contributed by atoms with Crippen LogP contribution >= 0.6 is 0 Å². The van der Waals surface area contributed by atoms with Crippen molar-refractivity contribution in [3.8, 4) is 0 Å². The molecule has 1 aromatic heterocycles. The number of aryl methyl sites for hydroxylation is 1. The van der Waals surface area contributed by atoms with Crippen LogP contribution in [0.15, 0.2) is 12.5 Å². The van der Waals surface area contributed by atoms with Crippen LogP contribution in [0.4, 0.5) is 0 Å². The molecule has 5 nitrogen and oxygen atoms in total. The van der Waals surface area contributed by atoms with Crippen LogP contribution in [-0.4, -0.2) is 46.3 Å². The Bertz CT molecular complexity index is 388. The molecule has 5 heteroatoms. The third kappa shape index (κ3) is 2.43. The number of imidazole rings is 1. The van der Waals surface area contributed by atoms with Gasteiger partial charge in [-0.1, -0.05) is 0 Å². The zero-order valence-electron chi connectivity index (χ0n) is 11.6. The summed E-state index contributed by atoms with van der Waals surface area (Å²) >= 11 is 0. The van der Waals surface area contributed by atoms with Crippen LogP contribution in [0.3, 0.4) is 0 Å². The summed E-state index contributed by atoms with van der Waals surface area (Å²) in [5.74, 6) is 0. The van der Waals surface area contributed by atoms with Crippen molar-refractivity contribution in [2.75, 3.05) is 26.3 Å². The van der Waals surface area contributed by atoms with Crippen LogP contribution in [-0.2, 0) is 11.3 Å². The lowest BCUT2D eigenvalue weighted by Crippen LogP contribution is -2.55. The van der Waals surface area contributed by atoms with E-state index in [1.165, 1.54) is 5.69 Å². The molecule has 102 valence electrons. The molecule has 1 saturated heterocycles. The zero-order valence-corrected chi connectivity index (χ0v) is 11.6. The first kappa shape index (κ1) is 13.5. The first-order valence-corrected chi connectivity index (χ1v) is 6.64. The van der Waals surface area contributed by atoms with Gasteiger partial charge in [0.25, 0.3) is 0 Å². The summed E-state index contributed by atoms with van der Waals surface area (Å²) in [5, 5.41) is 0. The zero-order chi connectivity index (χ0) is 13.2. The first-order chi connectivity index (χ1) is 8.60. The molecule has 0 aromatic carbocycles. The average molecular weight is 252 g/mol. The van der Waals surface area contributed by atoms with Gasteiger partial charge in [0.2, 0.25) is 0 Å². The quantitative estimate of drug-likeness (QED) is 0.869. The summed E-state index contributed by atoms with van der Waals surface area (Å²) in [7, 11) is 0. The Balaban J connectivity index is 2.27. The van der Waals surface area contributed by atoms with Gasteiger partial charge < -0.3 is 15.0 Å². The van der Waals surface area contributed by atoms with Crippen molar-refractivity contribution in [3.05, 3.63) is 18.2 Å². The molecule has 1 aliphatic heterocycles. The Hall–Kier alpha value is -0.910. The second-order valence-corrected chi connectivity index (χ2v) is 5.41. The van der Waals surface area contributed by atoms with Gasteiger partial charge in [-0.05, 0) is 20.8 Å². The highest BCUT2D eigenvalue weighted by atomic mass is 16.5. The molecule has 0 saturated carbocycles. The van der Waals surface area contributed by atoms with Gasteiger partial charge in [-0.3, -0.25) is 4.90 Å².